The van der Waals surface area contributed by atoms with E-state index in [2.05, 4.69) is 41.2 Å². The highest BCUT2D eigenvalue weighted by Gasteiger charge is 2.67. The second kappa shape index (κ2) is 9.66. The summed E-state index contributed by atoms with van der Waals surface area (Å²) in [7, 11) is 0. The van der Waals surface area contributed by atoms with E-state index in [1.807, 2.05) is 6.08 Å². The van der Waals surface area contributed by atoms with Gasteiger partial charge < -0.3 is 9.84 Å². The molecule has 1 aromatic rings. The molecule has 0 aliphatic heterocycles. The van der Waals surface area contributed by atoms with E-state index in [0.29, 0.717) is 30.5 Å². The van der Waals surface area contributed by atoms with Gasteiger partial charge in [0.2, 0.25) is 0 Å². The van der Waals surface area contributed by atoms with Crippen LogP contribution >= 0.6 is 11.8 Å². The average Bonchev–Trinajstić information content (AvgIpc) is 3.21. The number of ether oxygens (including phenoxy) is 1. The molecule has 3 aliphatic rings. The van der Waals surface area contributed by atoms with Gasteiger partial charge >= 0.3 is 11.9 Å². The zero-order valence-corrected chi connectivity index (χ0v) is 23.0. The van der Waals surface area contributed by atoms with Crippen LogP contribution in [0.5, 0.6) is 0 Å². The first-order valence-corrected chi connectivity index (χ1v) is 14.2. The molecule has 3 unspecified atom stereocenters. The SMILES string of the molecule is C=C[C@]1(C)C[C@@H](OC(=O)CSc2ccc(C(=O)O)cc2)[C@@]2(C)C(C)CCC3(CCC(=O)C32)[C@@H](C)[C@@H]1C. The molecule has 1 aromatic carbocycles. The highest BCUT2D eigenvalue weighted by atomic mass is 32.2. The Morgan fingerprint density at radius 2 is 1.81 bits per heavy atom. The van der Waals surface area contributed by atoms with Gasteiger partial charge in [-0.25, -0.2) is 4.79 Å². The predicted octanol–water partition coefficient (Wildman–Crippen LogP) is 6.66. The average molecular weight is 513 g/mol. The van der Waals surface area contributed by atoms with E-state index in [4.69, 9.17) is 9.84 Å². The van der Waals surface area contributed by atoms with E-state index >= 15 is 0 Å². The Morgan fingerprint density at radius 3 is 2.42 bits per heavy atom. The smallest absolute Gasteiger partial charge is 0.335 e. The van der Waals surface area contributed by atoms with Crippen molar-refractivity contribution in [2.24, 2.45) is 39.9 Å². The molecule has 36 heavy (non-hydrogen) atoms. The van der Waals surface area contributed by atoms with Gasteiger partial charge in [-0.15, -0.1) is 18.3 Å². The first-order chi connectivity index (χ1) is 16.9. The lowest BCUT2D eigenvalue weighted by Gasteiger charge is -2.62. The third kappa shape index (κ3) is 4.23. The maximum atomic E-state index is 13.5. The number of rotatable bonds is 6. The molecule has 0 spiro atoms. The molecule has 0 aromatic heterocycles. The first kappa shape index (κ1) is 27.0. The molecule has 1 N–H and O–H groups in total. The molecule has 3 saturated carbocycles. The fourth-order valence-electron chi connectivity index (χ4n) is 7.84. The molecule has 3 aliphatic carbocycles. The van der Waals surface area contributed by atoms with Crippen molar-refractivity contribution in [1.29, 1.82) is 0 Å². The number of carboxylic acids is 1. The molecule has 2 bridgehead atoms. The van der Waals surface area contributed by atoms with Crippen LogP contribution < -0.4 is 0 Å². The Bertz CT molecular complexity index is 1050. The number of carbonyl (C=O) groups is 3. The van der Waals surface area contributed by atoms with Crippen LogP contribution in [-0.2, 0) is 14.3 Å². The number of benzene rings is 1. The summed E-state index contributed by atoms with van der Waals surface area (Å²) < 4.78 is 6.35. The number of thioether (sulfide) groups is 1. The number of Topliss-reactive ketones (excluding diaryl/α,β-unsaturated/α-hetero) is 1. The summed E-state index contributed by atoms with van der Waals surface area (Å²) >= 11 is 1.34. The lowest BCUT2D eigenvalue weighted by molar-refractivity contribution is -0.196. The van der Waals surface area contributed by atoms with Gasteiger partial charge in [0.25, 0.3) is 0 Å². The van der Waals surface area contributed by atoms with Crippen LogP contribution in [0.3, 0.4) is 0 Å². The Labute approximate surface area is 219 Å². The largest absolute Gasteiger partial charge is 0.478 e. The number of carboxylic acid groups (broad SMARTS) is 1. The van der Waals surface area contributed by atoms with E-state index in [1.165, 1.54) is 11.8 Å². The van der Waals surface area contributed by atoms with Crippen LogP contribution in [0.4, 0.5) is 0 Å². The highest BCUT2D eigenvalue weighted by Crippen LogP contribution is 2.69. The zero-order chi connectivity index (χ0) is 26.5. The van der Waals surface area contributed by atoms with Gasteiger partial charge in [-0.3, -0.25) is 9.59 Å². The minimum absolute atomic E-state index is 0.0479. The number of allylic oxidation sites excluding steroid dienone is 1. The molecular formula is C30H40O5S. The topological polar surface area (TPSA) is 80.7 Å². The predicted molar refractivity (Wildman–Crippen MR) is 142 cm³/mol. The number of ketones is 1. The number of hydrogen-bond donors (Lipinski definition) is 1. The van der Waals surface area contributed by atoms with Gasteiger partial charge in [0, 0.05) is 22.6 Å². The summed E-state index contributed by atoms with van der Waals surface area (Å²) in [6.07, 6.45) is 5.98. The van der Waals surface area contributed by atoms with Crippen LogP contribution in [-0.4, -0.2) is 34.7 Å². The zero-order valence-electron chi connectivity index (χ0n) is 22.2. The molecule has 0 amide bonds. The van der Waals surface area contributed by atoms with Gasteiger partial charge in [-0.05, 0) is 78.5 Å². The van der Waals surface area contributed by atoms with Crippen molar-refractivity contribution in [3.63, 3.8) is 0 Å². The molecule has 0 radical (unpaired) electrons. The summed E-state index contributed by atoms with van der Waals surface area (Å²) in [6, 6.07) is 6.51. The minimum atomic E-state index is -0.976. The Kier molecular flexibility index (Phi) is 7.24. The van der Waals surface area contributed by atoms with Crippen LogP contribution in [0, 0.1) is 39.9 Å². The maximum absolute atomic E-state index is 13.5. The van der Waals surface area contributed by atoms with Crippen molar-refractivity contribution >= 4 is 29.5 Å². The molecule has 196 valence electrons. The van der Waals surface area contributed by atoms with Crippen molar-refractivity contribution in [2.75, 3.05) is 5.75 Å². The van der Waals surface area contributed by atoms with Crippen molar-refractivity contribution < 1.29 is 24.2 Å². The van der Waals surface area contributed by atoms with Gasteiger partial charge in [-0.1, -0.05) is 40.7 Å². The minimum Gasteiger partial charge on any atom is -0.478 e. The van der Waals surface area contributed by atoms with Crippen molar-refractivity contribution in [2.45, 2.75) is 77.7 Å². The second-order valence-electron chi connectivity index (χ2n) is 12.0. The van der Waals surface area contributed by atoms with Crippen LogP contribution in [0.2, 0.25) is 0 Å². The van der Waals surface area contributed by atoms with E-state index in [-0.39, 0.29) is 46.1 Å². The number of carbonyl (C=O) groups excluding carboxylic acids is 2. The van der Waals surface area contributed by atoms with Crippen molar-refractivity contribution in [1.82, 2.24) is 0 Å². The first-order valence-electron chi connectivity index (χ1n) is 13.2. The standard InChI is InChI=1S/C30H40O5S/c1-7-28(5)16-24(35-25(32)17-36-22-10-8-21(9-11-22)27(33)34)29(6)18(2)12-14-30(20(4)19(28)3)15-13-23(31)26(29)30/h7-11,18-20,24,26H,1,12-17H2,2-6H3,(H,33,34)/t18?,19-,20-,24+,26?,28+,29+,30?/m0/s1. The molecule has 3 fully saturated rings. The molecule has 5 nitrogen and oxygen atoms in total. The highest BCUT2D eigenvalue weighted by molar-refractivity contribution is 8.00. The molecule has 0 saturated heterocycles. The quantitative estimate of drug-likeness (QED) is 0.261. The fraction of sp³-hybridized carbons (Fsp3) is 0.633. The third-order valence-electron chi connectivity index (χ3n) is 10.7. The summed E-state index contributed by atoms with van der Waals surface area (Å²) in [5, 5.41) is 9.11. The molecule has 0 heterocycles. The Hall–Kier alpha value is -2.08. The van der Waals surface area contributed by atoms with E-state index in [9.17, 15) is 14.4 Å². The number of aromatic carboxylic acids is 1. The lowest BCUT2D eigenvalue weighted by Crippen LogP contribution is -2.61. The van der Waals surface area contributed by atoms with E-state index in [1.54, 1.807) is 24.3 Å². The van der Waals surface area contributed by atoms with Crippen molar-refractivity contribution in [3.05, 3.63) is 42.5 Å². The van der Waals surface area contributed by atoms with Gasteiger partial charge in [0.15, 0.2) is 0 Å². The van der Waals surface area contributed by atoms with Gasteiger partial charge in [0.05, 0.1) is 11.3 Å². The van der Waals surface area contributed by atoms with E-state index < -0.39 is 11.4 Å². The molecule has 6 heteroatoms. The van der Waals surface area contributed by atoms with Crippen LogP contribution in [0.15, 0.2) is 41.8 Å². The monoisotopic (exact) mass is 512 g/mol. The van der Waals surface area contributed by atoms with Gasteiger partial charge in [-0.2, -0.15) is 0 Å². The fourth-order valence-corrected chi connectivity index (χ4v) is 8.52. The van der Waals surface area contributed by atoms with E-state index in [0.717, 1.165) is 24.2 Å². The Balaban J connectivity index is 1.63. The third-order valence-corrected chi connectivity index (χ3v) is 11.7. The summed E-state index contributed by atoms with van der Waals surface area (Å²) in [6.45, 7) is 15.5. The Morgan fingerprint density at radius 1 is 1.14 bits per heavy atom. The van der Waals surface area contributed by atoms with Crippen LogP contribution in [0.25, 0.3) is 0 Å². The lowest BCUT2D eigenvalue weighted by atomic mass is 9.42. The van der Waals surface area contributed by atoms with Gasteiger partial charge in [0.1, 0.15) is 11.9 Å². The van der Waals surface area contributed by atoms with Crippen LogP contribution in [0.1, 0.15) is 77.1 Å². The molecular weight excluding hydrogens is 472 g/mol. The summed E-state index contributed by atoms with van der Waals surface area (Å²) in [4.78, 5) is 38.7. The second-order valence-corrected chi connectivity index (χ2v) is 13.1. The molecule has 4 rings (SSSR count). The summed E-state index contributed by atoms with van der Waals surface area (Å²) in [5.41, 5.74) is -0.471. The van der Waals surface area contributed by atoms with Crippen molar-refractivity contribution in [3.8, 4) is 0 Å². The molecule has 8 atom stereocenters. The summed E-state index contributed by atoms with van der Waals surface area (Å²) in [5.74, 6) is 0.0737. The number of hydrogen-bond acceptors (Lipinski definition) is 5. The maximum Gasteiger partial charge on any atom is 0.335 e. The normalized spacial score (nSPS) is 40.0. The number of esters is 1.